The SMILES string of the molecule is Cc1cc(C(=O)NCc2cnc(OCC(F)F)c(C)c2)nc(NC(=O)C2CC2)n1. The van der Waals surface area contributed by atoms with Gasteiger partial charge in [0.2, 0.25) is 17.7 Å². The largest absolute Gasteiger partial charge is 0.471 e. The first-order chi connectivity index (χ1) is 13.8. The van der Waals surface area contributed by atoms with Crippen molar-refractivity contribution >= 4 is 17.8 Å². The highest BCUT2D eigenvalue weighted by molar-refractivity contribution is 5.95. The van der Waals surface area contributed by atoms with Gasteiger partial charge in [-0.3, -0.25) is 14.9 Å². The van der Waals surface area contributed by atoms with E-state index in [4.69, 9.17) is 4.74 Å². The third-order valence-electron chi connectivity index (χ3n) is 4.16. The lowest BCUT2D eigenvalue weighted by Gasteiger charge is -2.10. The number of rotatable bonds is 8. The molecule has 1 aliphatic carbocycles. The second-order valence-corrected chi connectivity index (χ2v) is 6.83. The highest BCUT2D eigenvalue weighted by atomic mass is 19.3. The number of halogens is 2. The first-order valence-corrected chi connectivity index (χ1v) is 9.13. The summed E-state index contributed by atoms with van der Waals surface area (Å²) in [6, 6.07) is 3.22. The van der Waals surface area contributed by atoms with Crippen LogP contribution in [0.5, 0.6) is 5.88 Å². The number of aromatic nitrogens is 3. The van der Waals surface area contributed by atoms with Crippen LogP contribution in [0.25, 0.3) is 0 Å². The van der Waals surface area contributed by atoms with Gasteiger partial charge in [0.25, 0.3) is 12.3 Å². The number of aryl methyl sites for hydroxylation is 2. The summed E-state index contributed by atoms with van der Waals surface area (Å²) in [6.07, 6.45) is 0.570. The van der Waals surface area contributed by atoms with E-state index in [1.54, 1.807) is 19.9 Å². The average molecular weight is 405 g/mol. The number of pyridine rings is 1. The minimum atomic E-state index is -2.58. The highest BCUT2D eigenvalue weighted by Crippen LogP contribution is 2.29. The summed E-state index contributed by atoms with van der Waals surface area (Å²) in [5.41, 5.74) is 1.94. The summed E-state index contributed by atoms with van der Waals surface area (Å²) in [5, 5.41) is 5.34. The van der Waals surface area contributed by atoms with Gasteiger partial charge in [-0.05, 0) is 44.4 Å². The molecule has 29 heavy (non-hydrogen) atoms. The molecule has 0 aromatic carbocycles. The zero-order valence-electron chi connectivity index (χ0n) is 16.0. The zero-order valence-corrected chi connectivity index (χ0v) is 16.0. The molecule has 2 amide bonds. The van der Waals surface area contributed by atoms with Gasteiger partial charge in [-0.1, -0.05) is 0 Å². The Balaban J connectivity index is 1.60. The summed E-state index contributed by atoms with van der Waals surface area (Å²) in [6.45, 7) is 2.82. The van der Waals surface area contributed by atoms with Crippen molar-refractivity contribution in [2.45, 2.75) is 39.7 Å². The molecule has 0 radical (unpaired) electrons. The molecule has 3 rings (SSSR count). The molecule has 0 bridgehead atoms. The number of carbonyl (C=O) groups is 2. The van der Waals surface area contributed by atoms with Gasteiger partial charge < -0.3 is 10.1 Å². The van der Waals surface area contributed by atoms with Crippen molar-refractivity contribution in [2.75, 3.05) is 11.9 Å². The summed E-state index contributed by atoms with van der Waals surface area (Å²) < 4.78 is 29.4. The van der Waals surface area contributed by atoms with Crippen molar-refractivity contribution in [3.63, 3.8) is 0 Å². The van der Waals surface area contributed by atoms with Gasteiger partial charge in [0.15, 0.2) is 6.61 Å². The molecule has 0 atom stereocenters. The number of carbonyl (C=O) groups excluding carboxylic acids is 2. The van der Waals surface area contributed by atoms with E-state index in [1.807, 2.05) is 0 Å². The first-order valence-electron chi connectivity index (χ1n) is 9.13. The highest BCUT2D eigenvalue weighted by Gasteiger charge is 2.30. The van der Waals surface area contributed by atoms with Crippen LogP contribution >= 0.6 is 0 Å². The van der Waals surface area contributed by atoms with Crippen LogP contribution in [0.3, 0.4) is 0 Å². The Morgan fingerprint density at radius 3 is 2.66 bits per heavy atom. The molecule has 2 aromatic heterocycles. The minimum absolute atomic E-state index is 0.000210. The minimum Gasteiger partial charge on any atom is -0.471 e. The number of hydrogen-bond acceptors (Lipinski definition) is 6. The van der Waals surface area contributed by atoms with Crippen LogP contribution < -0.4 is 15.4 Å². The van der Waals surface area contributed by atoms with Gasteiger partial charge in [0.1, 0.15) is 5.69 Å². The van der Waals surface area contributed by atoms with Crippen molar-refractivity contribution in [3.05, 3.63) is 40.8 Å². The zero-order chi connectivity index (χ0) is 21.0. The molecule has 0 aliphatic heterocycles. The molecule has 154 valence electrons. The number of alkyl halides is 2. The molecule has 0 spiro atoms. The number of nitrogens with zero attached hydrogens (tertiary/aromatic N) is 3. The Labute approximate surface area is 166 Å². The van der Waals surface area contributed by atoms with E-state index in [-0.39, 0.29) is 35.9 Å². The van der Waals surface area contributed by atoms with Crippen LogP contribution in [0.1, 0.15) is 40.2 Å². The van der Waals surface area contributed by atoms with Gasteiger partial charge in [-0.25, -0.2) is 23.7 Å². The smallest absolute Gasteiger partial charge is 0.272 e. The van der Waals surface area contributed by atoms with Gasteiger partial charge in [0, 0.05) is 29.9 Å². The Morgan fingerprint density at radius 1 is 1.24 bits per heavy atom. The molecular weight excluding hydrogens is 384 g/mol. The summed E-state index contributed by atoms with van der Waals surface area (Å²) in [7, 11) is 0. The molecule has 0 unspecified atom stereocenters. The molecule has 1 saturated carbocycles. The number of anilines is 1. The van der Waals surface area contributed by atoms with E-state index in [1.165, 1.54) is 12.3 Å². The lowest BCUT2D eigenvalue weighted by atomic mass is 10.2. The maximum atomic E-state index is 12.4. The van der Waals surface area contributed by atoms with Crippen LogP contribution in [0.2, 0.25) is 0 Å². The monoisotopic (exact) mass is 405 g/mol. The third-order valence-corrected chi connectivity index (χ3v) is 4.16. The fourth-order valence-corrected chi connectivity index (χ4v) is 2.58. The predicted octanol–water partition coefficient (Wildman–Crippen LogP) is 2.41. The average Bonchev–Trinajstić information content (AvgIpc) is 3.50. The molecule has 8 nitrogen and oxygen atoms in total. The maximum absolute atomic E-state index is 12.4. The summed E-state index contributed by atoms with van der Waals surface area (Å²) in [4.78, 5) is 36.6. The van der Waals surface area contributed by atoms with Gasteiger partial charge in [-0.2, -0.15) is 0 Å². The second kappa shape index (κ2) is 8.89. The third kappa shape index (κ3) is 5.90. The second-order valence-electron chi connectivity index (χ2n) is 6.83. The lowest BCUT2D eigenvalue weighted by molar-refractivity contribution is -0.117. The standard InChI is InChI=1S/C19H21F2N5O3/c1-10-5-12(8-23-18(10)29-9-15(20)21)7-22-17(28)14-6-11(2)24-19(25-14)26-16(27)13-3-4-13/h5-6,8,13,15H,3-4,7,9H2,1-2H3,(H,22,28)(H,24,25,26,27). The van der Waals surface area contributed by atoms with Crippen molar-refractivity contribution < 1.29 is 23.1 Å². The first kappa shape index (κ1) is 20.6. The molecule has 2 N–H and O–H groups in total. The summed E-state index contributed by atoms with van der Waals surface area (Å²) >= 11 is 0. The van der Waals surface area contributed by atoms with Crippen LogP contribution in [0.4, 0.5) is 14.7 Å². The van der Waals surface area contributed by atoms with Crippen molar-refractivity contribution in [2.24, 2.45) is 5.92 Å². The molecule has 10 heteroatoms. The maximum Gasteiger partial charge on any atom is 0.272 e. The van der Waals surface area contributed by atoms with E-state index in [9.17, 15) is 18.4 Å². The normalized spacial score (nSPS) is 13.3. The predicted molar refractivity (Wildman–Crippen MR) is 99.8 cm³/mol. The van der Waals surface area contributed by atoms with Gasteiger partial charge in [-0.15, -0.1) is 0 Å². The fraction of sp³-hybridized carbons (Fsp3) is 0.421. The Hall–Kier alpha value is -3.17. The number of amides is 2. The number of hydrogen-bond donors (Lipinski definition) is 2. The molecular formula is C19H21F2N5O3. The van der Waals surface area contributed by atoms with E-state index in [0.29, 0.717) is 16.8 Å². The fourth-order valence-electron chi connectivity index (χ4n) is 2.58. The van der Waals surface area contributed by atoms with Crippen molar-refractivity contribution in [1.82, 2.24) is 20.3 Å². The summed E-state index contributed by atoms with van der Waals surface area (Å²) in [5.74, 6) is -0.349. The lowest BCUT2D eigenvalue weighted by Crippen LogP contribution is -2.25. The molecule has 0 saturated heterocycles. The molecule has 1 fully saturated rings. The Bertz CT molecular complexity index is 919. The van der Waals surface area contributed by atoms with Crippen molar-refractivity contribution in [1.29, 1.82) is 0 Å². The van der Waals surface area contributed by atoms with Gasteiger partial charge in [0.05, 0.1) is 0 Å². The van der Waals surface area contributed by atoms with Crippen LogP contribution in [0, 0.1) is 19.8 Å². The number of ether oxygens (including phenoxy) is 1. The Morgan fingerprint density at radius 2 is 2.00 bits per heavy atom. The van der Waals surface area contributed by atoms with Crippen LogP contribution in [0.15, 0.2) is 18.3 Å². The van der Waals surface area contributed by atoms with Crippen LogP contribution in [-0.2, 0) is 11.3 Å². The molecule has 1 aliphatic rings. The van der Waals surface area contributed by atoms with E-state index in [0.717, 1.165) is 12.8 Å². The Kier molecular flexibility index (Phi) is 6.30. The van der Waals surface area contributed by atoms with E-state index < -0.39 is 18.9 Å². The van der Waals surface area contributed by atoms with Crippen molar-refractivity contribution in [3.8, 4) is 5.88 Å². The molecule has 2 aromatic rings. The van der Waals surface area contributed by atoms with Crippen LogP contribution in [-0.4, -0.2) is 39.8 Å². The van der Waals surface area contributed by atoms with E-state index in [2.05, 4.69) is 25.6 Å². The topological polar surface area (TPSA) is 106 Å². The molecule has 2 heterocycles. The van der Waals surface area contributed by atoms with E-state index >= 15 is 0 Å². The quantitative estimate of drug-likeness (QED) is 0.699. The van der Waals surface area contributed by atoms with Gasteiger partial charge >= 0.3 is 0 Å². The number of nitrogens with one attached hydrogen (secondary N) is 2.